The molecule has 62 valence electrons. The van der Waals surface area contributed by atoms with E-state index in [0.29, 0.717) is 9.84 Å². The Morgan fingerprint density at radius 3 is 2.00 bits per heavy atom. The van der Waals surface area contributed by atoms with Crippen molar-refractivity contribution in [1.82, 2.24) is 0 Å². The van der Waals surface area contributed by atoms with Crippen LogP contribution in [0.2, 0.25) is 0 Å². The molecule has 0 amide bonds. The van der Waals surface area contributed by atoms with Crippen LogP contribution in [0.1, 0.15) is 42.1 Å². The maximum atomic E-state index is 5.60. The third-order valence-corrected chi connectivity index (χ3v) is 2.22. The smallest absolute Gasteiger partial charge is 0.116 e. The largest absolute Gasteiger partial charge is 0.465 e. The van der Waals surface area contributed by atoms with Gasteiger partial charge in [-0.05, 0) is 19.1 Å². The molecule has 2 heteroatoms. The fourth-order valence-corrected chi connectivity index (χ4v) is 1.23. The summed E-state index contributed by atoms with van der Waals surface area (Å²) in [6.07, 6.45) is 0. The van der Waals surface area contributed by atoms with Gasteiger partial charge in [0.15, 0.2) is 0 Å². The average molecular weight is 264 g/mol. The lowest BCUT2D eigenvalue weighted by Gasteiger charge is -2.00. The second-order valence-corrected chi connectivity index (χ2v) is 4.88. The Morgan fingerprint density at radius 1 is 1.18 bits per heavy atom. The van der Waals surface area contributed by atoms with E-state index < -0.39 is 0 Å². The first-order valence-electron chi connectivity index (χ1n) is 3.85. The van der Waals surface area contributed by atoms with Crippen LogP contribution in [0.3, 0.4) is 0 Å². The SMILES string of the molecule is CC(C)c1ccc(C(C)I)o1. The van der Waals surface area contributed by atoms with Gasteiger partial charge in [-0.1, -0.05) is 36.4 Å². The lowest BCUT2D eigenvalue weighted by molar-refractivity contribution is 0.452. The third-order valence-electron chi connectivity index (χ3n) is 1.61. The van der Waals surface area contributed by atoms with E-state index in [1.165, 1.54) is 0 Å². The van der Waals surface area contributed by atoms with Gasteiger partial charge >= 0.3 is 0 Å². The molecule has 0 aliphatic rings. The van der Waals surface area contributed by atoms with Crippen LogP contribution in [-0.4, -0.2) is 0 Å². The topological polar surface area (TPSA) is 13.1 Å². The minimum Gasteiger partial charge on any atom is -0.465 e. The van der Waals surface area contributed by atoms with Crippen LogP contribution < -0.4 is 0 Å². The molecule has 1 heterocycles. The quantitative estimate of drug-likeness (QED) is 0.583. The van der Waals surface area contributed by atoms with E-state index in [9.17, 15) is 0 Å². The summed E-state index contributed by atoms with van der Waals surface area (Å²) in [5, 5.41) is 0. The second kappa shape index (κ2) is 3.61. The van der Waals surface area contributed by atoms with Gasteiger partial charge in [0.05, 0.1) is 3.92 Å². The summed E-state index contributed by atoms with van der Waals surface area (Å²) >= 11 is 2.35. The number of furan rings is 1. The number of hydrogen-bond acceptors (Lipinski definition) is 1. The maximum absolute atomic E-state index is 5.60. The molecule has 0 saturated heterocycles. The molecule has 0 bridgehead atoms. The molecule has 1 atom stereocenters. The molecule has 0 saturated carbocycles. The highest BCUT2D eigenvalue weighted by Crippen LogP contribution is 2.26. The third kappa shape index (κ3) is 2.22. The summed E-state index contributed by atoms with van der Waals surface area (Å²) in [5.74, 6) is 2.66. The Hall–Kier alpha value is 0.01000. The normalized spacial score (nSPS) is 13.9. The number of alkyl halides is 1. The van der Waals surface area contributed by atoms with Crippen molar-refractivity contribution in [3.8, 4) is 0 Å². The molecular formula is C9H13IO. The van der Waals surface area contributed by atoms with Crippen LogP contribution in [0.5, 0.6) is 0 Å². The predicted octanol–water partition coefficient (Wildman–Crippen LogP) is 3.90. The van der Waals surface area contributed by atoms with Gasteiger partial charge in [-0.2, -0.15) is 0 Å². The van der Waals surface area contributed by atoms with Gasteiger partial charge in [0.25, 0.3) is 0 Å². The Kier molecular flexibility index (Phi) is 2.98. The Bertz CT molecular complexity index is 203. The highest BCUT2D eigenvalue weighted by molar-refractivity contribution is 14.1. The average Bonchev–Trinajstić information content (AvgIpc) is 2.33. The van der Waals surface area contributed by atoms with Crippen LogP contribution in [0.15, 0.2) is 16.5 Å². The Morgan fingerprint density at radius 2 is 1.73 bits per heavy atom. The van der Waals surface area contributed by atoms with E-state index >= 15 is 0 Å². The monoisotopic (exact) mass is 264 g/mol. The number of rotatable bonds is 2. The van der Waals surface area contributed by atoms with Crippen LogP contribution in [-0.2, 0) is 0 Å². The minimum absolute atomic E-state index is 0.472. The molecule has 0 aromatic carbocycles. The van der Waals surface area contributed by atoms with Gasteiger partial charge in [-0.15, -0.1) is 0 Å². The first kappa shape index (κ1) is 9.10. The molecule has 11 heavy (non-hydrogen) atoms. The van der Waals surface area contributed by atoms with Crippen LogP contribution in [0.25, 0.3) is 0 Å². The van der Waals surface area contributed by atoms with E-state index in [1.807, 2.05) is 0 Å². The lowest BCUT2D eigenvalue weighted by Crippen LogP contribution is -1.81. The van der Waals surface area contributed by atoms with Crippen molar-refractivity contribution in [2.75, 3.05) is 0 Å². The zero-order valence-electron chi connectivity index (χ0n) is 7.10. The summed E-state index contributed by atoms with van der Waals surface area (Å²) in [5.41, 5.74) is 0. The van der Waals surface area contributed by atoms with E-state index in [4.69, 9.17) is 4.42 Å². The summed E-state index contributed by atoms with van der Waals surface area (Å²) in [4.78, 5) is 0. The van der Waals surface area contributed by atoms with Gasteiger partial charge in [-0.25, -0.2) is 0 Å². The van der Waals surface area contributed by atoms with Gasteiger partial charge in [0.2, 0.25) is 0 Å². The van der Waals surface area contributed by atoms with Crippen molar-refractivity contribution in [2.45, 2.75) is 30.6 Å². The summed E-state index contributed by atoms with van der Waals surface area (Å²) < 4.78 is 6.07. The van der Waals surface area contributed by atoms with Gasteiger partial charge in [0, 0.05) is 5.92 Å². The van der Waals surface area contributed by atoms with Gasteiger partial charge < -0.3 is 4.42 Å². The highest BCUT2D eigenvalue weighted by Gasteiger charge is 2.08. The second-order valence-electron chi connectivity index (χ2n) is 3.01. The zero-order valence-corrected chi connectivity index (χ0v) is 9.25. The van der Waals surface area contributed by atoms with Crippen molar-refractivity contribution in [3.05, 3.63) is 23.7 Å². The Labute approximate surface area is 81.3 Å². The van der Waals surface area contributed by atoms with E-state index in [1.54, 1.807) is 0 Å². The van der Waals surface area contributed by atoms with E-state index in [-0.39, 0.29) is 0 Å². The summed E-state index contributed by atoms with van der Waals surface area (Å²) in [6, 6.07) is 4.13. The number of halogens is 1. The molecule has 0 aliphatic carbocycles. The minimum atomic E-state index is 0.472. The van der Waals surface area contributed by atoms with Crippen molar-refractivity contribution < 1.29 is 4.42 Å². The van der Waals surface area contributed by atoms with Gasteiger partial charge in [-0.3, -0.25) is 0 Å². The molecule has 1 unspecified atom stereocenters. The molecule has 1 aromatic heterocycles. The van der Waals surface area contributed by atoms with Gasteiger partial charge in [0.1, 0.15) is 11.5 Å². The lowest BCUT2D eigenvalue weighted by atomic mass is 10.2. The van der Waals surface area contributed by atoms with Crippen molar-refractivity contribution in [1.29, 1.82) is 0 Å². The molecule has 0 aliphatic heterocycles. The highest BCUT2D eigenvalue weighted by atomic mass is 127. The molecule has 1 rings (SSSR count). The molecule has 1 nitrogen and oxygen atoms in total. The van der Waals surface area contributed by atoms with Crippen molar-refractivity contribution >= 4 is 22.6 Å². The standard InChI is InChI=1S/C9H13IO/c1-6(2)8-4-5-9(11-8)7(3)10/h4-7H,1-3H3. The van der Waals surface area contributed by atoms with Crippen LogP contribution in [0, 0.1) is 0 Å². The summed E-state index contributed by atoms with van der Waals surface area (Å²) in [6.45, 7) is 6.41. The van der Waals surface area contributed by atoms with Crippen molar-refractivity contribution in [2.24, 2.45) is 0 Å². The molecule has 0 spiro atoms. The van der Waals surface area contributed by atoms with Crippen molar-refractivity contribution in [3.63, 3.8) is 0 Å². The first-order chi connectivity index (χ1) is 5.11. The van der Waals surface area contributed by atoms with Crippen LogP contribution >= 0.6 is 22.6 Å². The maximum Gasteiger partial charge on any atom is 0.116 e. The zero-order chi connectivity index (χ0) is 8.43. The Balaban J connectivity index is 2.82. The number of hydrogen-bond donors (Lipinski definition) is 0. The molecule has 0 radical (unpaired) electrons. The molecular weight excluding hydrogens is 251 g/mol. The molecule has 0 fully saturated rings. The fourth-order valence-electron chi connectivity index (χ4n) is 0.892. The van der Waals surface area contributed by atoms with E-state index in [0.717, 1.165) is 11.5 Å². The first-order valence-corrected chi connectivity index (χ1v) is 5.09. The molecule has 0 N–H and O–H groups in total. The fraction of sp³-hybridized carbons (Fsp3) is 0.556. The predicted molar refractivity (Wildman–Crippen MR) is 55.2 cm³/mol. The summed E-state index contributed by atoms with van der Waals surface area (Å²) in [7, 11) is 0. The molecule has 1 aromatic rings. The van der Waals surface area contributed by atoms with E-state index in [2.05, 4.69) is 55.5 Å². The van der Waals surface area contributed by atoms with Crippen LogP contribution in [0.4, 0.5) is 0 Å².